The number of rotatable bonds is 7. The van der Waals surface area contributed by atoms with E-state index in [0.717, 1.165) is 19.3 Å². The van der Waals surface area contributed by atoms with Gasteiger partial charge in [-0.25, -0.2) is 0 Å². The van der Waals surface area contributed by atoms with Crippen LogP contribution >= 0.6 is 0 Å². The summed E-state index contributed by atoms with van der Waals surface area (Å²) in [6.45, 7) is 5.27. The van der Waals surface area contributed by atoms with Crippen molar-refractivity contribution in [1.82, 2.24) is 4.90 Å². The number of unbranched alkanes of at least 4 members (excludes halogenated alkanes) is 1. The molecule has 0 aliphatic carbocycles. The number of benzene rings is 1. The summed E-state index contributed by atoms with van der Waals surface area (Å²) in [5.74, 6) is -0.447. The zero-order chi connectivity index (χ0) is 15.7. The van der Waals surface area contributed by atoms with E-state index in [-0.39, 0.29) is 0 Å². The van der Waals surface area contributed by atoms with Gasteiger partial charge in [0.15, 0.2) is 0 Å². The van der Waals surface area contributed by atoms with E-state index in [9.17, 15) is 9.59 Å². The molecule has 5 nitrogen and oxygen atoms in total. The fourth-order valence-corrected chi connectivity index (χ4v) is 1.96. The van der Waals surface area contributed by atoms with E-state index in [0.29, 0.717) is 24.5 Å². The Bertz CT molecular complexity index is 474. The van der Waals surface area contributed by atoms with Gasteiger partial charge < -0.3 is 15.0 Å². The van der Waals surface area contributed by atoms with E-state index < -0.39 is 11.8 Å². The van der Waals surface area contributed by atoms with Gasteiger partial charge in [-0.3, -0.25) is 9.59 Å². The van der Waals surface area contributed by atoms with Gasteiger partial charge in [0, 0.05) is 24.8 Å². The quantitative estimate of drug-likeness (QED) is 0.786. The fraction of sp³-hybridized carbons (Fsp3) is 0.500. The van der Waals surface area contributed by atoms with Gasteiger partial charge in [-0.2, -0.15) is 0 Å². The summed E-state index contributed by atoms with van der Waals surface area (Å²) >= 11 is 0. The molecule has 0 radical (unpaired) electrons. The van der Waals surface area contributed by atoms with Gasteiger partial charge in [0.25, 0.3) is 0 Å². The zero-order valence-electron chi connectivity index (χ0n) is 13.0. The Morgan fingerprint density at radius 3 is 2.57 bits per heavy atom. The molecule has 0 spiro atoms. The minimum Gasteiger partial charge on any atom is -0.497 e. The molecule has 0 heterocycles. The molecule has 21 heavy (non-hydrogen) atoms. The molecule has 0 saturated heterocycles. The number of anilines is 1. The van der Waals surface area contributed by atoms with Crippen molar-refractivity contribution >= 4 is 17.5 Å². The van der Waals surface area contributed by atoms with Crippen molar-refractivity contribution in [3.05, 3.63) is 24.3 Å². The highest BCUT2D eigenvalue weighted by molar-refractivity contribution is 6.39. The third-order valence-corrected chi connectivity index (χ3v) is 3.08. The first kappa shape index (κ1) is 17.0. The van der Waals surface area contributed by atoms with Crippen LogP contribution in [0.5, 0.6) is 5.75 Å². The summed E-state index contributed by atoms with van der Waals surface area (Å²) in [6, 6.07) is 6.95. The van der Waals surface area contributed by atoms with E-state index in [1.165, 1.54) is 0 Å². The van der Waals surface area contributed by atoms with Gasteiger partial charge in [-0.15, -0.1) is 0 Å². The first-order valence-electron chi connectivity index (χ1n) is 7.36. The number of ether oxygens (including phenoxy) is 1. The monoisotopic (exact) mass is 292 g/mol. The van der Waals surface area contributed by atoms with Gasteiger partial charge in [0.2, 0.25) is 0 Å². The van der Waals surface area contributed by atoms with Crippen LogP contribution in [0.1, 0.15) is 33.1 Å². The lowest BCUT2D eigenvalue weighted by molar-refractivity contribution is -0.143. The molecule has 1 N–H and O–H groups in total. The Hall–Kier alpha value is -2.04. The Labute approximate surface area is 126 Å². The smallest absolute Gasteiger partial charge is 0.313 e. The molecule has 5 heteroatoms. The number of carbonyl (C=O) groups excluding carboxylic acids is 2. The SMILES string of the molecule is CCCCN(CCC)C(=O)C(=O)Nc1cccc(OC)c1. The number of nitrogens with one attached hydrogen (secondary N) is 1. The predicted octanol–water partition coefficient (Wildman–Crippen LogP) is 2.67. The summed E-state index contributed by atoms with van der Waals surface area (Å²) in [5.41, 5.74) is 0.555. The minimum atomic E-state index is -0.604. The molecule has 0 aromatic heterocycles. The molecule has 116 valence electrons. The Balaban J connectivity index is 2.68. The average Bonchev–Trinajstić information content (AvgIpc) is 2.50. The van der Waals surface area contributed by atoms with Crippen LogP contribution in [0.25, 0.3) is 0 Å². The molecule has 0 aliphatic heterocycles. The first-order chi connectivity index (χ1) is 10.1. The third-order valence-electron chi connectivity index (χ3n) is 3.08. The average molecular weight is 292 g/mol. The Morgan fingerprint density at radius 1 is 1.19 bits per heavy atom. The van der Waals surface area contributed by atoms with Crippen LogP contribution in [0.15, 0.2) is 24.3 Å². The Kier molecular flexibility index (Phi) is 7.29. The fourth-order valence-electron chi connectivity index (χ4n) is 1.96. The van der Waals surface area contributed by atoms with Gasteiger partial charge in [0.05, 0.1) is 7.11 Å². The zero-order valence-corrected chi connectivity index (χ0v) is 13.0. The molecule has 0 atom stereocenters. The Morgan fingerprint density at radius 2 is 1.95 bits per heavy atom. The molecule has 0 bridgehead atoms. The maximum atomic E-state index is 12.2. The highest BCUT2D eigenvalue weighted by atomic mass is 16.5. The van der Waals surface area contributed by atoms with E-state index in [2.05, 4.69) is 12.2 Å². The maximum absolute atomic E-state index is 12.2. The normalized spacial score (nSPS) is 10.0. The van der Waals surface area contributed by atoms with Crippen molar-refractivity contribution in [2.75, 3.05) is 25.5 Å². The van der Waals surface area contributed by atoms with E-state index >= 15 is 0 Å². The molecule has 0 unspecified atom stereocenters. The standard InChI is InChI=1S/C16H24N2O3/c1-4-6-11-18(10-5-2)16(20)15(19)17-13-8-7-9-14(12-13)21-3/h7-9,12H,4-6,10-11H2,1-3H3,(H,17,19). The molecule has 2 amide bonds. The number of amides is 2. The van der Waals surface area contributed by atoms with Gasteiger partial charge in [-0.05, 0) is 25.0 Å². The van der Waals surface area contributed by atoms with Gasteiger partial charge >= 0.3 is 11.8 Å². The summed E-state index contributed by atoms with van der Waals surface area (Å²) in [6.07, 6.45) is 2.73. The third kappa shape index (κ3) is 5.45. The second kappa shape index (κ2) is 9.00. The van der Waals surface area contributed by atoms with Crippen LogP contribution in [0, 0.1) is 0 Å². The van der Waals surface area contributed by atoms with Crippen LogP contribution in [-0.2, 0) is 9.59 Å². The lowest BCUT2D eigenvalue weighted by atomic mass is 10.2. The van der Waals surface area contributed by atoms with Crippen molar-refractivity contribution in [3.63, 3.8) is 0 Å². The molecule has 1 aromatic rings. The summed E-state index contributed by atoms with van der Waals surface area (Å²) in [7, 11) is 1.56. The second-order valence-corrected chi connectivity index (χ2v) is 4.83. The molecule has 0 fully saturated rings. The van der Waals surface area contributed by atoms with Gasteiger partial charge in [0.1, 0.15) is 5.75 Å². The van der Waals surface area contributed by atoms with Gasteiger partial charge in [-0.1, -0.05) is 26.3 Å². The highest BCUT2D eigenvalue weighted by Gasteiger charge is 2.20. The van der Waals surface area contributed by atoms with Crippen LogP contribution in [0.2, 0.25) is 0 Å². The van der Waals surface area contributed by atoms with Crippen molar-refractivity contribution < 1.29 is 14.3 Å². The maximum Gasteiger partial charge on any atom is 0.313 e. The largest absolute Gasteiger partial charge is 0.497 e. The molecule has 1 aromatic carbocycles. The lowest BCUT2D eigenvalue weighted by Crippen LogP contribution is -2.40. The van der Waals surface area contributed by atoms with Crippen molar-refractivity contribution in [2.24, 2.45) is 0 Å². The number of methoxy groups -OCH3 is 1. The topological polar surface area (TPSA) is 58.6 Å². The van der Waals surface area contributed by atoms with Crippen LogP contribution in [0.4, 0.5) is 5.69 Å². The number of hydrogen-bond acceptors (Lipinski definition) is 3. The summed E-state index contributed by atoms with van der Waals surface area (Å²) < 4.78 is 5.09. The lowest BCUT2D eigenvalue weighted by Gasteiger charge is -2.21. The number of hydrogen-bond donors (Lipinski definition) is 1. The van der Waals surface area contributed by atoms with Crippen molar-refractivity contribution in [1.29, 1.82) is 0 Å². The predicted molar refractivity (Wildman–Crippen MR) is 83.4 cm³/mol. The van der Waals surface area contributed by atoms with Crippen molar-refractivity contribution in [2.45, 2.75) is 33.1 Å². The van der Waals surface area contributed by atoms with Crippen molar-refractivity contribution in [3.8, 4) is 5.75 Å². The molecule has 0 saturated carbocycles. The van der Waals surface area contributed by atoms with E-state index in [1.807, 2.05) is 6.92 Å². The first-order valence-corrected chi connectivity index (χ1v) is 7.36. The summed E-state index contributed by atoms with van der Waals surface area (Å²) in [5, 5.41) is 2.62. The molecular formula is C16H24N2O3. The number of carbonyl (C=O) groups is 2. The van der Waals surface area contributed by atoms with Crippen LogP contribution < -0.4 is 10.1 Å². The molecule has 1 rings (SSSR count). The van der Waals surface area contributed by atoms with E-state index in [4.69, 9.17) is 4.74 Å². The minimum absolute atomic E-state index is 0.479. The summed E-state index contributed by atoms with van der Waals surface area (Å²) in [4.78, 5) is 25.8. The highest BCUT2D eigenvalue weighted by Crippen LogP contribution is 2.16. The molecular weight excluding hydrogens is 268 g/mol. The molecule has 0 aliphatic rings. The van der Waals surface area contributed by atoms with Crippen LogP contribution in [0.3, 0.4) is 0 Å². The second-order valence-electron chi connectivity index (χ2n) is 4.83. The number of nitrogens with zero attached hydrogens (tertiary/aromatic N) is 1. The van der Waals surface area contributed by atoms with Crippen LogP contribution in [-0.4, -0.2) is 36.9 Å². The van der Waals surface area contributed by atoms with E-state index in [1.54, 1.807) is 36.3 Å².